The fourth-order valence-electron chi connectivity index (χ4n) is 3.43. The molecule has 2 rings (SSSR count). The van der Waals surface area contributed by atoms with Crippen molar-refractivity contribution in [3.8, 4) is 0 Å². The lowest BCUT2D eigenvalue weighted by molar-refractivity contribution is 0.140. The van der Waals surface area contributed by atoms with Crippen molar-refractivity contribution in [3.63, 3.8) is 0 Å². The van der Waals surface area contributed by atoms with E-state index < -0.39 is 0 Å². The van der Waals surface area contributed by atoms with Gasteiger partial charge in [-0.15, -0.1) is 0 Å². The first-order valence-corrected chi connectivity index (χ1v) is 7.18. The van der Waals surface area contributed by atoms with Gasteiger partial charge in [-0.2, -0.15) is 0 Å². The average Bonchev–Trinajstić information content (AvgIpc) is 2.24. The molecule has 2 fully saturated rings. The molecule has 0 aliphatic heterocycles. The maximum atomic E-state index is 5.89. The third-order valence-electron chi connectivity index (χ3n) is 4.71. The van der Waals surface area contributed by atoms with E-state index in [0.29, 0.717) is 0 Å². The second-order valence-corrected chi connectivity index (χ2v) is 6.06. The Bertz CT molecular complexity index is 201. The molecule has 2 heteroatoms. The summed E-state index contributed by atoms with van der Waals surface area (Å²) in [7, 11) is 2.31. The van der Waals surface area contributed by atoms with Crippen molar-refractivity contribution in [3.05, 3.63) is 0 Å². The molecule has 0 aromatic carbocycles. The second kappa shape index (κ2) is 6.02. The minimum absolute atomic E-state index is 0.803. The molecule has 2 aliphatic rings. The van der Waals surface area contributed by atoms with Gasteiger partial charge in [0.1, 0.15) is 0 Å². The van der Waals surface area contributed by atoms with E-state index >= 15 is 0 Å². The first kappa shape index (κ1) is 12.4. The Morgan fingerprint density at radius 2 is 1.62 bits per heavy atom. The zero-order chi connectivity index (χ0) is 11.4. The van der Waals surface area contributed by atoms with Crippen LogP contribution in [-0.4, -0.2) is 31.6 Å². The molecule has 0 aromatic rings. The molecule has 2 unspecified atom stereocenters. The van der Waals surface area contributed by atoms with E-state index in [0.717, 1.165) is 24.3 Å². The molecule has 0 spiro atoms. The maximum absolute atomic E-state index is 5.89. The molecule has 16 heavy (non-hydrogen) atoms. The zero-order valence-electron chi connectivity index (χ0n) is 10.8. The van der Waals surface area contributed by atoms with Crippen LogP contribution in [0.2, 0.25) is 0 Å². The van der Waals surface area contributed by atoms with Crippen molar-refractivity contribution >= 4 is 0 Å². The topological polar surface area (TPSA) is 29.3 Å². The Morgan fingerprint density at radius 1 is 0.938 bits per heavy atom. The van der Waals surface area contributed by atoms with Gasteiger partial charge in [0.2, 0.25) is 0 Å². The third-order valence-corrected chi connectivity index (χ3v) is 4.71. The van der Waals surface area contributed by atoms with Crippen LogP contribution in [0.3, 0.4) is 0 Å². The number of nitrogens with two attached hydrogens (primary N) is 1. The summed E-state index contributed by atoms with van der Waals surface area (Å²) >= 11 is 0. The van der Waals surface area contributed by atoms with E-state index in [1.807, 2.05) is 0 Å². The number of hydrogen-bond acceptors (Lipinski definition) is 2. The predicted octanol–water partition coefficient (Wildman–Crippen LogP) is 2.48. The molecule has 0 saturated heterocycles. The van der Waals surface area contributed by atoms with Gasteiger partial charge in [0.15, 0.2) is 0 Å². The van der Waals surface area contributed by atoms with Crippen LogP contribution in [0.15, 0.2) is 0 Å². The quantitative estimate of drug-likeness (QED) is 0.777. The van der Waals surface area contributed by atoms with Gasteiger partial charge in [-0.1, -0.05) is 19.3 Å². The zero-order valence-corrected chi connectivity index (χ0v) is 10.8. The molecule has 0 bridgehead atoms. The van der Waals surface area contributed by atoms with Crippen molar-refractivity contribution in [1.29, 1.82) is 0 Å². The highest BCUT2D eigenvalue weighted by Crippen LogP contribution is 2.31. The normalized spacial score (nSPS) is 31.7. The molecule has 2 nitrogen and oxygen atoms in total. The monoisotopic (exact) mass is 224 g/mol. The summed E-state index contributed by atoms with van der Waals surface area (Å²) < 4.78 is 0. The molecule has 2 saturated carbocycles. The fourth-order valence-corrected chi connectivity index (χ4v) is 3.43. The molecule has 2 N–H and O–H groups in total. The predicted molar refractivity (Wildman–Crippen MR) is 69.3 cm³/mol. The van der Waals surface area contributed by atoms with Crippen LogP contribution in [0, 0.1) is 17.8 Å². The minimum atomic E-state index is 0.803. The smallest absolute Gasteiger partial charge is 0.000985 e. The van der Waals surface area contributed by atoms with Gasteiger partial charge in [-0.05, 0) is 57.0 Å². The van der Waals surface area contributed by atoms with Crippen LogP contribution < -0.4 is 5.73 Å². The van der Waals surface area contributed by atoms with Gasteiger partial charge in [0, 0.05) is 13.1 Å². The number of nitrogens with zero attached hydrogens (tertiary/aromatic N) is 1. The Hall–Kier alpha value is -0.0800. The third kappa shape index (κ3) is 3.21. The summed E-state index contributed by atoms with van der Waals surface area (Å²) in [5.74, 6) is 2.69. The fraction of sp³-hybridized carbons (Fsp3) is 1.00. The van der Waals surface area contributed by atoms with Crippen LogP contribution in [0.4, 0.5) is 0 Å². The summed E-state index contributed by atoms with van der Waals surface area (Å²) in [6.07, 6.45) is 10.0. The molecule has 0 amide bonds. The lowest BCUT2D eigenvalue weighted by atomic mass is 9.78. The van der Waals surface area contributed by atoms with E-state index in [2.05, 4.69) is 11.9 Å². The van der Waals surface area contributed by atoms with E-state index in [1.165, 1.54) is 58.0 Å². The summed E-state index contributed by atoms with van der Waals surface area (Å²) in [5, 5.41) is 0. The van der Waals surface area contributed by atoms with Crippen molar-refractivity contribution in [1.82, 2.24) is 4.90 Å². The molecule has 2 atom stereocenters. The Labute approximate surface area is 101 Å². The van der Waals surface area contributed by atoms with Gasteiger partial charge in [0.05, 0.1) is 0 Å². The standard InChI is InChI=1S/C14H28N2/c1-16(10-12-5-4-6-12)11-14-8-3-2-7-13(14)9-15/h12-14H,2-11,15H2,1H3. The second-order valence-electron chi connectivity index (χ2n) is 6.06. The summed E-state index contributed by atoms with van der Waals surface area (Å²) in [6, 6.07) is 0. The van der Waals surface area contributed by atoms with E-state index in [-0.39, 0.29) is 0 Å². The van der Waals surface area contributed by atoms with E-state index in [1.54, 1.807) is 0 Å². The van der Waals surface area contributed by atoms with Crippen LogP contribution in [-0.2, 0) is 0 Å². The minimum Gasteiger partial charge on any atom is -0.330 e. The summed E-state index contributed by atoms with van der Waals surface area (Å²) in [6.45, 7) is 3.52. The highest BCUT2D eigenvalue weighted by atomic mass is 15.1. The molecule has 0 aromatic heterocycles. The molecular weight excluding hydrogens is 196 g/mol. The van der Waals surface area contributed by atoms with Gasteiger partial charge in [0.25, 0.3) is 0 Å². The van der Waals surface area contributed by atoms with E-state index in [4.69, 9.17) is 5.73 Å². The van der Waals surface area contributed by atoms with E-state index in [9.17, 15) is 0 Å². The summed E-state index contributed by atoms with van der Waals surface area (Å²) in [4.78, 5) is 2.57. The Balaban J connectivity index is 1.72. The van der Waals surface area contributed by atoms with Crippen LogP contribution in [0.5, 0.6) is 0 Å². The molecule has 2 aliphatic carbocycles. The van der Waals surface area contributed by atoms with Crippen molar-refractivity contribution in [2.75, 3.05) is 26.7 Å². The number of rotatable bonds is 5. The molecule has 94 valence electrons. The van der Waals surface area contributed by atoms with Gasteiger partial charge in [-0.25, -0.2) is 0 Å². The Morgan fingerprint density at radius 3 is 2.19 bits per heavy atom. The van der Waals surface area contributed by atoms with Crippen molar-refractivity contribution < 1.29 is 0 Å². The molecular formula is C14H28N2. The molecule has 0 heterocycles. The van der Waals surface area contributed by atoms with Gasteiger partial charge in [-0.3, -0.25) is 0 Å². The first-order chi connectivity index (χ1) is 7.79. The summed E-state index contributed by atoms with van der Waals surface area (Å²) in [5.41, 5.74) is 5.89. The van der Waals surface area contributed by atoms with Gasteiger partial charge >= 0.3 is 0 Å². The van der Waals surface area contributed by atoms with Crippen molar-refractivity contribution in [2.24, 2.45) is 23.5 Å². The molecule has 0 radical (unpaired) electrons. The highest BCUT2D eigenvalue weighted by molar-refractivity contribution is 4.80. The van der Waals surface area contributed by atoms with Gasteiger partial charge < -0.3 is 10.6 Å². The maximum Gasteiger partial charge on any atom is 0.000985 e. The van der Waals surface area contributed by atoms with Crippen LogP contribution in [0.1, 0.15) is 44.9 Å². The SMILES string of the molecule is CN(CC1CCC1)CC1CCCCC1CN. The van der Waals surface area contributed by atoms with Crippen LogP contribution in [0.25, 0.3) is 0 Å². The Kier molecular flexibility index (Phi) is 4.66. The highest BCUT2D eigenvalue weighted by Gasteiger charge is 2.26. The van der Waals surface area contributed by atoms with Crippen molar-refractivity contribution in [2.45, 2.75) is 44.9 Å². The largest absolute Gasteiger partial charge is 0.330 e. The van der Waals surface area contributed by atoms with Crippen LogP contribution >= 0.6 is 0 Å². The number of hydrogen-bond donors (Lipinski definition) is 1. The average molecular weight is 224 g/mol. The lowest BCUT2D eigenvalue weighted by Crippen LogP contribution is -2.38. The first-order valence-electron chi connectivity index (χ1n) is 7.18. The lowest BCUT2D eigenvalue weighted by Gasteiger charge is -2.36.